The molecule has 1 N–H and O–H groups in total. The molecule has 2 amide bonds. The molecule has 29 heavy (non-hydrogen) atoms. The van der Waals surface area contributed by atoms with Crippen LogP contribution < -0.4 is 0 Å². The Kier molecular flexibility index (Phi) is 7.64. The first-order chi connectivity index (χ1) is 13.7. The maximum Gasteiger partial charge on any atom is 0.410 e. The van der Waals surface area contributed by atoms with Crippen LogP contribution in [0, 0.1) is 5.41 Å². The first-order valence-electron chi connectivity index (χ1n) is 9.87. The highest BCUT2D eigenvalue weighted by Crippen LogP contribution is 2.32. The molecule has 9 heteroatoms. The minimum Gasteiger partial charge on any atom is -0.481 e. The maximum atomic E-state index is 12.5. The standard InChI is InChI=1S/C20H30N2O7/c1-20(18(25)26)10-5-4-7-14(9-11-20)29-19(27)21(2)13-16(23)22-12-6-8-15(22)17(24)28-3/h4,7,14-15H,5-6,8-13H2,1-3H3,(H,25,26)/b7-4+. The molecule has 0 radical (unpaired) electrons. The number of hydrogen-bond donors (Lipinski definition) is 1. The highest BCUT2D eigenvalue weighted by Gasteiger charge is 2.36. The lowest BCUT2D eigenvalue weighted by molar-refractivity contribution is -0.151. The van der Waals surface area contributed by atoms with Crippen molar-refractivity contribution in [2.45, 2.75) is 57.6 Å². The first-order valence-corrected chi connectivity index (χ1v) is 9.87. The number of ether oxygens (including phenoxy) is 2. The van der Waals surface area contributed by atoms with Crippen LogP contribution >= 0.6 is 0 Å². The molecule has 0 bridgehead atoms. The van der Waals surface area contributed by atoms with E-state index in [0.29, 0.717) is 45.1 Å². The number of carbonyl (C=O) groups excluding carboxylic acids is 3. The Balaban J connectivity index is 1.91. The summed E-state index contributed by atoms with van der Waals surface area (Å²) in [4.78, 5) is 50.9. The van der Waals surface area contributed by atoms with Crippen molar-refractivity contribution in [3.8, 4) is 0 Å². The van der Waals surface area contributed by atoms with Crippen LogP contribution in [0.2, 0.25) is 0 Å². The highest BCUT2D eigenvalue weighted by atomic mass is 16.6. The van der Waals surface area contributed by atoms with Crippen molar-refractivity contribution in [3.05, 3.63) is 12.2 Å². The SMILES string of the molecule is COC(=O)C1CCCN1C(=O)CN(C)C(=O)OC1/C=C/CCC(C)(C(=O)O)CC1. The first kappa shape index (κ1) is 22.7. The van der Waals surface area contributed by atoms with Crippen LogP contribution in [-0.4, -0.2) is 78.2 Å². The van der Waals surface area contributed by atoms with Crippen LogP contribution in [-0.2, 0) is 23.9 Å². The van der Waals surface area contributed by atoms with Crippen molar-refractivity contribution < 1.29 is 33.8 Å². The summed E-state index contributed by atoms with van der Waals surface area (Å²) < 4.78 is 10.2. The number of rotatable bonds is 5. The number of carbonyl (C=O) groups is 4. The maximum absolute atomic E-state index is 12.5. The summed E-state index contributed by atoms with van der Waals surface area (Å²) in [6.45, 7) is 1.93. The average Bonchev–Trinajstić information content (AvgIpc) is 3.16. The van der Waals surface area contributed by atoms with Crippen molar-refractivity contribution in [1.82, 2.24) is 9.80 Å². The summed E-state index contributed by atoms with van der Waals surface area (Å²) in [6, 6.07) is -0.612. The fourth-order valence-corrected chi connectivity index (χ4v) is 3.67. The summed E-state index contributed by atoms with van der Waals surface area (Å²) in [5.74, 6) is -1.66. The third-order valence-electron chi connectivity index (χ3n) is 5.69. The lowest BCUT2D eigenvalue weighted by atomic mass is 9.79. The van der Waals surface area contributed by atoms with Gasteiger partial charge in [0.05, 0.1) is 12.5 Å². The Labute approximate surface area is 170 Å². The van der Waals surface area contributed by atoms with Gasteiger partial charge >= 0.3 is 18.0 Å². The van der Waals surface area contributed by atoms with Crippen LogP contribution in [0.3, 0.4) is 0 Å². The summed E-state index contributed by atoms with van der Waals surface area (Å²) in [7, 11) is 2.74. The molecule has 0 aromatic carbocycles. The van der Waals surface area contributed by atoms with Gasteiger partial charge in [-0.25, -0.2) is 9.59 Å². The number of likely N-dealkylation sites (N-methyl/N-ethyl adjacent to an activating group) is 1. The molecule has 162 valence electrons. The Morgan fingerprint density at radius 3 is 2.62 bits per heavy atom. The Morgan fingerprint density at radius 2 is 1.97 bits per heavy atom. The van der Waals surface area contributed by atoms with Crippen molar-refractivity contribution in [3.63, 3.8) is 0 Å². The number of likely N-dealkylation sites (tertiary alicyclic amines) is 1. The number of nitrogens with zero attached hydrogens (tertiary/aromatic N) is 2. The third kappa shape index (κ3) is 5.71. The van der Waals surface area contributed by atoms with E-state index >= 15 is 0 Å². The molecule has 0 aromatic rings. The Hall–Kier alpha value is -2.58. The zero-order valence-corrected chi connectivity index (χ0v) is 17.3. The van der Waals surface area contributed by atoms with Gasteiger partial charge < -0.3 is 24.4 Å². The van der Waals surface area contributed by atoms with Gasteiger partial charge in [0.1, 0.15) is 18.7 Å². The summed E-state index contributed by atoms with van der Waals surface area (Å²) in [5, 5.41) is 9.44. The van der Waals surface area contributed by atoms with Gasteiger partial charge in [0, 0.05) is 13.6 Å². The Bertz CT molecular complexity index is 678. The number of esters is 1. The number of hydrogen-bond acceptors (Lipinski definition) is 6. The molecule has 2 aliphatic rings. The van der Waals surface area contributed by atoms with Crippen molar-refractivity contribution in [2.24, 2.45) is 5.41 Å². The van der Waals surface area contributed by atoms with E-state index < -0.39 is 35.6 Å². The predicted molar refractivity (Wildman–Crippen MR) is 103 cm³/mol. The van der Waals surface area contributed by atoms with Crippen LogP contribution in [0.4, 0.5) is 4.79 Å². The lowest BCUT2D eigenvalue weighted by Gasteiger charge is -2.29. The monoisotopic (exact) mass is 410 g/mol. The molecule has 0 saturated carbocycles. The van der Waals surface area contributed by atoms with E-state index in [2.05, 4.69) is 0 Å². The third-order valence-corrected chi connectivity index (χ3v) is 5.69. The molecule has 3 atom stereocenters. The second-order valence-corrected chi connectivity index (χ2v) is 7.92. The van der Waals surface area contributed by atoms with Crippen LogP contribution in [0.1, 0.15) is 45.4 Å². The molecule has 3 unspecified atom stereocenters. The van der Waals surface area contributed by atoms with Gasteiger partial charge in [-0.1, -0.05) is 6.08 Å². The van der Waals surface area contributed by atoms with E-state index in [0.717, 1.165) is 4.90 Å². The van der Waals surface area contributed by atoms with E-state index in [1.165, 1.54) is 19.1 Å². The van der Waals surface area contributed by atoms with Gasteiger partial charge in [0.25, 0.3) is 0 Å². The minimum atomic E-state index is -0.855. The van der Waals surface area contributed by atoms with Crippen molar-refractivity contribution in [1.29, 1.82) is 0 Å². The van der Waals surface area contributed by atoms with E-state index in [4.69, 9.17) is 9.47 Å². The average molecular weight is 410 g/mol. The number of methoxy groups -OCH3 is 1. The van der Waals surface area contributed by atoms with Gasteiger partial charge in [0.2, 0.25) is 5.91 Å². The quantitative estimate of drug-likeness (QED) is 0.543. The van der Waals surface area contributed by atoms with E-state index in [1.807, 2.05) is 6.08 Å². The summed E-state index contributed by atoms with van der Waals surface area (Å²) >= 11 is 0. The van der Waals surface area contributed by atoms with Gasteiger partial charge in [-0.3, -0.25) is 9.59 Å². The molecule has 1 saturated heterocycles. The van der Waals surface area contributed by atoms with E-state index in [-0.39, 0.29) is 12.5 Å². The molecule has 9 nitrogen and oxygen atoms in total. The number of allylic oxidation sites excluding steroid dienone is 1. The van der Waals surface area contributed by atoms with Gasteiger partial charge in [-0.2, -0.15) is 0 Å². The smallest absolute Gasteiger partial charge is 0.410 e. The zero-order valence-electron chi connectivity index (χ0n) is 17.3. The largest absolute Gasteiger partial charge is 0.481 e. The van der Waals surface area contributed by atoms with Crippen LogP contribution in [0.15, 0.2) is 12.2 Å². The minimum absolute atomic E-state index is 0.213. The molecular formula is C20H30N2O7. The number of aliphatic carboxylic acids is 1. The number of carboxylic acid groups (broad SMARTS) is 1. The summed E-state index contributed by atoms with van der Waals surface area (Å²) in [5.41, 5.74) is -0.851. The molecule has 0 aromatic heterocycles. The molecule has 1 aliphatic heterocycles. The molecule has 1 fully saturated rings. The molecule has 0 spiro atoms. The highest BCUT2D eigenvalue weighted by molar-refractivity contribution is 5.87. The van der Waals surface area contributed by atoms with Crippen molar-refractivity contribution >= 4 is 23.9 Å². The van der Waals surface area contributed by atoms with Gasteiger partial charge in [-0.05, 0) is 51.5 Å². The fourth-order valence-electron chi connectivity index (χ4n) is 3.67. The lowest BCUT2D eigenvalue weighted by Crippen LogP contribution is -2.46. The van der Waals surface area contributed by atoms with E-state index in [1.54, 1.807) is 13.0 Å². The van der Waals surface area contributed by atoms with E-state index in [9.17, 15) is 24.3 Å². The van der Waals surface area contributed by atoms with Crippen LogP contribution in [0.25, 0.3) is 0 Å². The second-order valence-electron chi connectivity index (χ2n) is 7.92. The normalized spacial score (nSPS) is 28.0. The molecular weight excluding hydrogens is 380 g/mol. The molecule has 1 aliphatic carbocycles. The van der Waals surface area contributed by atoms with Crippen molar-refractivity contribution in [2.75, 3.05) is 27.2 Å². The van der Waals surface area contributed by atoms with Crippen LogP contribution in [0.5, 0.6) is 0 Å². The summed E-state index contributed by atoms with van der Waals surface area (Å²) in [6.07, 6.45) is 5.53. The fraction of sp³-hybridized carbons (Fsp3) is 0.700. The predicted octanol–water partition coefficient (Wildman–Crippen LogP) is 1.81. The molecule has 2 rings (SSSR count). The van der Waals surface area contributed by atoms with Gasteiger partial charge in [0.15, 0.2) is 0 Å². The zero-order chi connectivity index (χ0) is 21.6. The molecule has 1 heterocycles. The number of amides is 2. The Morgan fingerprint density at radius 1 is 1.24 bits per heavy atom. The number of carboxylic acids is 1. The topological polar surface area (TPSA) is 113 Å². The second kappa shape index (κ2) is 9.76. The van der Waals surface area contributed by atoms with Gasteiger partial charge in [-0.15, -0.1) is 0 Å².